The van der Waals surface area contributed by atoms with Crippen LogP contribution < -0.4 is 5.32 Å². The van der Waals surface area contributed by atoms with E-state index in [0.717, 1.165) is 12.0 Å². The van der Waals surface area contributed by atoms with Crippen molar-refractivity contribution in [2.45, 2.75) is 32.4 Å². The zero-order valence-corrected chi connectivity index (χ0v) is 12.1. The number of rotatable bonds is 6. The third-order valence-electron chi connectivity index (χ3n) is 3.54. The third kappa shape index (κ3) is 3.89. The van der Waals surface area contributed by atoms with Crippen LogP contribution in [0.2, 0.25) is 0 Å². The topological polar surface area (TPSA) is 45.1 Å². The van der Waals surface area contributed by atoms with Gasteiger partial charge in [0.2, 0.25) is 0 Å². The number of pyridine rings is 1. The first-order valence-corrected chi connectivity index (χ1v) is 7.12. The van der Waals surface area contributed by atoms with Crippen LogP contribution in [0.1, 0.15) is 31.9 Å². The average Bonchev–Trinajstić information content (AvgIpc) is 2.53. The van der Waals surface area contributed by atoms with Crippen LogP contribution >= 0.6 is 0 Å². The van der Waals surface area contributed by atoms with Crippen molar-refractivity contribution in [1.82, 2.24) is 10.3 Å². The van der Waals surface area contributed by atoms with Gasteiger partial charge in [0.25, 0.3) is 0 Å². The molecule has 106 valence electrons. The molecule has 1 aromatic heterocycles. The van der Waals surface area contributed by atoms with E-state index in [1.165, 1.54) is 11.1 Å². The van der Waals surface area contributed by atoms with E-state index in [0.29, 0.717) is 6.54 Å². The Morgan fingerprint density at radius 3 is 2.50 bits per heavy atom. The summed E-state index contributed by atoms with van der Waals surface area (Å²) in [6.07, 6.45) is 4.16. The lowest BCUT2D eigenvalue weighted by Gasteiger charge is -2.17. The van der Waals surface area contributed by atoms with E-state index < -0.39 is 0 Å². The van der Waals surface area contributed by atoms with Crippen LogP contribution in [0.4, 0.5) is 0 Å². The smallest absolute Gasteiger partial charge is 0.0662 e. The van der Waals surface area contributed by atoms with Gasteiger partial charge in [0.05, 0.1) is 6.10 Å². The normalized spacial score (nSPS) is 13.9. The van der Waals surface area contributed by atoms with Crippen LogP contribution in [-0.4, -0.2) is 22.7 Å². The second-order valence-corrected chi connectivity index (χ2v) is 5.06. The van der Waals surface area contributed by atoms with Gasteiger partial charge in [-0.25, -0.2) is 0 Å². The number of aliphatic hydroxyl groups is 1. The van der Waals surface area contributed by atoms with Gasteiger partial charge in [-0.15, -0.1) is 0 Å². The lowest BCUT2D eigenvalue weighted by atomic mass is 10.0. The van der Waals surface area contributed by atoms with Gasteiger partial charge in [-0.1, -0.05) is 37.3 Å². The maximum atomic E-state index is 9.58. The zero-order chi connectivity index (χ0) is 14.4. The maximum Gasteiger partial charge on any atom is 0.0662 e. The first-order valence-electron chi connectivity index (χ1n) is 7.12. The SMILES string of the molecule is CC[C@@H](O)CNC(C)c1ccc(-c2cccnc2)cc1. The first kappa shape index (κ1) is 14.7. The van der Waals surface area contributed by atoms with Crippen LogP contribution in [0.3, 0.4) is 0 Å². The van der Waals surface area contributed by atoms with E-state index in [9.17, 15) is 5.11 Å². The summed E-state index contributed by atoms with van der Waals surface area (Å²) < 4.78 is 0. The van der Waals surface area contributed by atoms with Crippen molar-refractivity contribution in [3.05, 3.63) is 54.4 Å². The molecular weight excluding hydrogens is 248 g/mol. The van der Waals surface area contributed by atoms with E-state index >= 15 is 0 Å². The highest BCUT2D eigenvalue weighted by Crippen LogP contribution is 2.21. The summed E-state index contributed by atoms with van der Waals surface area (Å²) in [7, 11) is 0. The highest BCUT2D eigenvalue weighted by atomic mass is 16.3. The van der Waals surface area contributed by atoms with Crippen molar-refractivity contribution in [3.63, 3.8) is 0 Å². The lowest BCUT2D eigenvalue weighted by Crippen LogP contribution is -2.28. The summed E-state index contributed by atoms with van der Waals surface area (Å²) in [6.45, 7) is 4.73. The van der Waals surface area contributed by atoms with Crippen molar-refractivity contribution < 1.29 is 5.11 Å². The fraction of sp³-hybridized carbons (Fsp3) is 0.353. The molecule has 2 aromatic rings. The molecule has 0 radical (unpaired) electrons. The molecule has 2 atom stereocenters. The van der Waals surface area contributed by atoms with Crippen molar-refractivity contribution in [3.8, 4) is 11.1 Å². The lowest BCUT2D eigenvalue weighted by molar-refractivity contribution is 0.164. The molecule has 0 saturated heterocycles. The maximum absolute atomic E-state index is 9.58. The zero-order valence-electron chi connectivity index (χ0n) is 12.1. The van der Waals surface area contributed by atoms with Crippen LogP contribution in [0.15, 0.2) is 48.8 Å². The Balaban J connectivity index is 2.01. The number of nitrogens with zero attached hydrogens (tertiary/aromatic N) is 1. The summed E-state index contributed by atoms with van der Waals surface area (Å²) in [5.74, 6) is 0. The van der Waals surface area contributed by atoms with E-state index in [2.05, 4.69) is 47.6 Å². The summed E-state index contributed by atoms with van der Waals surface area (Å²) in [5.41, 5.74) is 3.52. The van der Waals surface area contributed by atoms with Gasteiger partial charge in [0, 0.05) is 25.0 Å². The number of aliphatic hydroxyl groups excluding tert-OH is 1. The molecule has 0 spiro atoms. The highest BCUT2D eigenvalue weighted by Gasteiger charge is 2.07. The molecule has 3 heteroatoms. The number of aromatic nitrogens is 1. The Morgan fingerprint density at radius 1 is 1.15 bits per heavy atom. The second-order valence-electron chi connectivity index (χ2n) is 5.06. The molecule has 1 aromatic carbocycles. The minimum Gasteiger partial charge on any atom is -0.392 e. The molecule has 0 fully saturated rings. The third-order valence-corrected chi connectivity index (χ3v) is 3.54. The Morgan fingerprint density at radius 2 is 1.90 bits per heavy atom. The molecule has 0 aliphatic rings. The van der Waals surface area contributed by atoms with Gasteiger partial charge in [-0.3, -0.25) is 4.98 Å². The molecule has 2 N–H and O–H groups in total. The van der Waals surface area contributed by atoms with E-state index in [1.807, 2.05) is 19.2 Å². The van der Waals surface area contributed by atoms with Crippen molar-refractivity contribution in [2.24, 2.45) is 0 Å². The molecule has 20 heavy (non-hydrogen) atoms. The molecule has 1 unspecified atom stereocenters. The van der Waals surface area contributed by atoms with Crippen LogP contribution in [0.25, 0.3) is 11.1 Å². The van der Waals surface area contributed by atoms with Gasteiger partial charge in [0.1, 0.15) is 0 Å². The molecule has 2 rings (SSSR count). The molecule has 0 aliphatic carbocycles. The van der Waals surface area contributed by atoms with E-state index in [1.54, 1.807) is 6.20 Å². The minimum atomic E-state index is -0.271. The molecule has 0 saturated carbocycles. The molecular formula is C17H22N2O. The van der Waals surface area contributed by atoms with Gasteiger partial charge in [-0.2, -0.15) is 0 Å². The highest BCUT2D eigenvalue weighted by molar-refractivity contribution is 5.62. The van der Waals surface area contributed by atoms with Crippen LogP contribution in [0, 0.1) is 0 Å². The van der Waals surface area contributed by atoms with Crippen molar-refractivity contribution >= 4 is 0 Å². The predicted octanol–water partition coefficient (Wildman–Crippen LogP) is 3.17. The molecule has 0 aliphatic heterocycles. The second kappa shape index (κ2) is 7.17. The molecule has 1 heterocycles. The Kier molecular flexibility index (Phi) is 5.27. The fourth-order valence-corrected chi connectivity index (χ4v) is 2.07. The number of hydrogen-bond acceptors (Lipinski definition) is 3. The summed E-state index contributed by atoms with van der Waals surface area (Å²) in [6, 6.07) is 12.7. The number of benzene rings is 1. The van der Waals surface area contributed by atoms with Crippen molar-refractivity contribution in [2.75, 3.05) is 6.54 Å². The Bertz CT molecular complexity index is 510. The van der Waals surface area contributed by atoms with Gasteiger partial charge in [-0.05, 0) is 36.1 Å². The fourth-order valence-electron chi connectivity index (χ4n) is 2.07. The Labute approximate surface area is 120 Å². The van der Waals surface area contributed by atoms with Crippen molar-refractivity contribution in [1.29, 1.82) is 0 Å². The quantitative estimate of drug-likeness (QED) is 0.847. The molecule has 0 amide bonds. The largest absolute Gasteiger partial charge is 0.392 e. The molecule has 3 nitrogen and oxygen atoms in total. The summed E-state index contributed by atoms with van der Waals surface area (Å²) >= 11 is 0. The van der Waals surface area contributed by atoms with Gasteiger partial charge < -0.3 is 10.4 Å². The molecule has 0 bridgehead atoms. The average molecular weight is 270 g/mol. The summed E-state index contributed by atoms with van der Waals surface area (Å²) in [5, 5.41) is 12.9. The van der Waals surface area contributed by atoms with E-state index in [-0.39, 0.29) is 12.1 Å². The Hall–Kier alpha value is -1.71. The standard InChI is InChI=1S/C17H22N2O/c1-3-17(20)12-19-13(2)14-6-8-15(9-7-14)16-5-4-10-18-11-16/h4-11,13,17,19-20H,3,12H2,1-2H3/t13?,17-/m1/s1. The predicted molar refractivity (Wildman–Crippen MR) is 82.4 cm³/mol. The van der Waals surface area contributed by atoms with E-state index in [4.69, 9.17) is 0 Å². The van der Waals surface area contributed by atoms with Crippen LogP contribution in [0.5, 0.6) is 0 Å². The monoisotopic (exact) mass is 270 g/mol. The first-order chi connectivity index (χ1) is 9.70. The van der Waals surface area contributed by atoms with Crippen LogP contribution in [-0.2, 0) is 0 Å². The van der Waals surface area contributed by atoms with Gasteiger partial charge in [0.15, 0.2) is 0 Å². The minimum absolute atomic E-state index is 0.235. The number of nitrogens with one attached hydrogen (secondary N) is 1. The van der Waals surface area contributed by atoms with Gasteiger partial charge >= 0.3 is 0 Å². The number of hydrogen-bond donors (Lipinski definition) is 2. The summed E-state index contributed by atoms with van der Waals surface area (Å²) in [4.78, 5) is 4.14.